The van der Waals surface area contributed by atoms with Gasteiger partial charge in [0.1, 0.15) is 5.75 Å². The van der Waals surface area contributed by atoms with E-state index >= 15 is 0 Å². The maximum Gasteiger partial charge on any atom is 0.255 e. The number of primary sulfonamides is 1. The van der Waals surface area contributed by atoms with Gasteiger partial charge in [0.2, 0.25) is 10.0 Å². The second kappa shape index (κ2) is 7.60. The average molecular weight is 386 g/mol. The lowest BCUT2D eigenvalue weighted by Gasteiger charge is -2.07. The third-order valence-corrected chi connectivity index (χ3v) is 4.90. The molecule has 0 spiro atoms. The number of nitrogens with two attached hydrogens (primary N) is 1. The van der Waals surface area contributed by atoms with Crippen molar-refractivity contribution in [3.63, 3.8) is 0 Å². The van der Waals surface area contributed by atoms with Gasteiger partial charge in [0, 0.05) is 12.1 Å². The van der Waals surface area contributed by atoms with Gasteiger partial charge in [-0.2, -0.15) is 5.10 Å². The van der Waals surface area contributed by atoms with Crippen LogP contribution in [0.1, 0.15) is 15.9 Å². The molecule has 0 saturated heterocycles. The first-order valence-electron chi connectivity index (χ1n) is 7.96. The van der Waals surface area contributed by atoms with Gasteiger partial charge >= 0.3 is 0 Å². The van der Waals surface area contributed by atoms with E-state index in [1.165, 1.54) is 18.3 Å². The van der Waals surface area contributed by atoms with Crippen molar-refractivity contribution >= 4 is 15.9 Å². The number of carbonyl (C=O) groups is 1. The summed E-state index contributed by atoms with van der Waals surface area (Å²) in [6, 6.07) is 13.2. The Morgan fingerprint density at radius 1 is 1.15 bits per heavy atom. The molecule has 9 heteroatoms. The van der Waals surface area contributed by atoms with Crippen molar-refractivity contribution in [2.24, 2.45) is 5.14 Å². The van der Waals surface area contributed by atoms with E-state index in [1.54, 1.807) is 31.4 Å². The van der Waals surface area contributed by atoms with Crippen LogP contribution < -0.4 is 15.2 Å². The molecular weight excluding hydrogens is 368 g/mol. The van der Waals surface area contributed by atoms with E-state index in [1.807, 2.05) is 12.1 Å². The van der Waals surface area contributed by atoms with E-state index < -0.39 is 10.0 Å². The van der Waals surface area contributed by atoms with E-state index in [4.69, 9.17) is 9.88 Å². The van der Waals surface area contributed by atoms with Crippen LogP contribution in [0.25, 0.3) is 11.3 Å². The largest absolute Gasteiger partial charge is 0.497 e. The Kier molecular flexibility index (Phi) is 5.24. The highest BCUT2D eigenvalue weighted by Gasteiger charge is 2.15. The molecule has 8 nitrogen and oxygen atoms in total. The number of hydrogen-bond acceptors (Lipinski definition) is 5. The van der Waals surface area contributed by atoms with E-state index in [2.05, 4.69) is 15.5 Å². The van der Waals surface area contributed by atoms with Crippen molar-refractivity contribution in [2.75, 3.05) is 7.11 Å². The molecule has 2 aromatic carbocycles. The Hall–Kier alpha value is -3.17. The maximum absolute atomic E-state index is 12.5. The second-order valence-corrected chi connectivity index (χ2v) is 7.32. The van der Waals surface area contributed by atoms with Crippen molar-refractivity contribution in [1.82, 2.24) is 15.5 Å². The van der Waals surface area contributed by atoms with Crippen molar-refractivity contribution in [2.45, 2.75) is 11.4 Å². The van der Waals surface area contributed by atoms with Crippen molar-refractivity contribution < 1.29 is 17.9 Å². The Morgan fingerprint density at radius 3 is 2.41 bits per heavy atom. The predicted octanol–water partition coefficient (Wildman–Crippen LogP) is 1.66. The second-order valence-electron chi connectivity index (χ2n) is 5.76. The van der Waals surface area contributed by atoms with Crippen LogP contribution in [0.5, 0.6) is 5.75 Å². The van der Waals surface area contributed by atoms with Gasteiger partial charge in [0.05, 0.1) is 29.5 Å². The number of amides is 1. The van der Waals surface area contributed by atoms with Crippen molar-refractivity contribution in [1.29, 1.82) is 0 Å². The van der Waals surface area contributed by atoms with Crippen LogP contribution in [0.15, 0.2) is 59.6 Å². The highest BCUT2D eigenvalue weighted by Crippen LogP contribution is 2.23. The summed E-state index contributed by atoms with van der Waals surface area (Å²) in [6.45, 7) is 0.233. The zero-order chi connectivity index (χ0) is 19.4. The molecule has 3 rings (SSSR count). The fourth-order valence-electron chi connectivity index (χ4n) is 2.51. The Bertz CT molecular complexity index is 1040. The Balaban J connectivity index is 1.71. The molecule has 0 aliphatic heterocycles. The first kappa shape index (κ1) is 18.6. The first-order chi connectivity index (χ1) is 12.9. The molecular formula is C18H18N4O4S. The topological polar surface area (TPSA) is 127 Å². The molecule has 0 bridgehead atoms. The number of benzene rings is 2. The molecule has 0 radical (unpaired) electrons. The molecule has 0 unspecified atom stereocenters. The lowest BCUT2D eigenvalue weighted by Crippen LogP contribution is -2.23. The standard InChI is InChI=1S/C18H18N4O4S/c1-26-14-6-4-13(5-7-14)17-16(11-21-22-17)18(23)20-10-12-2-8-15(9-3-12)27(19,24)25/h2-9,11H,10H2,1H3,(H,20,23)(H,21,22)(H2,19,24,25). The highest BCUT2D eigenvalue weighted by molar-refractivity contribution is 7.89. The molecule has 3 aromatic rings. The molecule has 1 heterocycles. The van der Waals surface area contributed by atoms with Gasteiger partial charge in [-0.25, -0.2) is 13.6 Å². The number of carbonyl (C=O) groups excluding carboxylic acids is 1. The molecule has 0 aliphatic rings. The van der Waals surface area contributed by atoms with Gasteiger partial charge in [0.25, 0.3) is 5.91 Å². The summed E-state index contributed by atoms with van der Waals surface area (Å²) in [6.07, 6.45) is 1.46. The summed E-state index contributed by atoms with van der Waals surface area (Å²) in [5.41, 5.74) is 2.54. The predicted molar refractivity (Wildman–Crippen MR) is 99.6 cm³/mol. The molecule has 1 aromatic heterocycles. The third kappa shape index (κ3) is 4.33. The molecule has 140 valence electrons. The minimum absolute atomic E-state index is 0.0224. The van der Waals surface area contributed by atoms with Gasteiger partial charge in [0.15, 0.2) is 0 Å². The van der Waals surface area contributed by atoms with Crippen LogP contribution in [-0.2, 0) is 16.6 Å². The fraction of sp³-hybridized carbons (Fsp3) is 0.111. The van der Waals surface area contributed by atoms with Crippen LogP contribution in [0.2, 0.25) is 0 Å². The first-order valence-corrected chi connectivity index (χ1v) is 9.51. The van der Waals surface area contributed by atoms with Crippen LogP contribution in [-0.4, -0.2) is 31.6 Å². The molecule has 4 N–H and O–H groups in total. The number of ether oxygens (including phenoxy) is 1. The van der Waals surface area contributed by atoms with E-state index in [9.17, 15) is 13.2 Å². The summed E-state index contributed by atoms with van der Waals surface area (Å²) >= 11 is 0. The smallest absolute Gasteiger partial charge is 0.255 e. The molecule has 27 heavy (non-hydrogen) atoms. The van der Waals surface area contributed by atoms with Crippen LogP contribution >= 0.6 is 0 Å². The van der Waals surface area contributed by atoms with E-state index in [-0.39, 0.29) is 17.3 Å². The van der Waals surface area contributed by atoms with Crippen LogP contribution in [0.4, 0.5) is 0 Å². The summed E-state index contributed by atoms with van der Waals surface area (Å²) < 4.78 is 27.7. The minimum atomic E-state index is -3.74. The number of methoxy groups -OCH3 is 1. The van der Waals surface area contributed by atoms with Gasteiger partial charge in [-0.3, -0.25) is 9.89 Å². The van der Waals surface area contributed by atoms with Gasteiger partial charge in [-0.15, -0.1) is 0 Å². The van der Waals surface area contributed by atoms with Crippen molar-refractivity contribution in [3.8, 4) is 17.0 Å². The number of sulfonamides is 1. The molecule has 1 amide bonds. The average Bonchev–Trinajstić information content (AvgIpc) is 3.16. The zero-order valence-corrected chi connectivity index (χ0v) is 15.3. The molecule has 0 aliphatic carbocycles. The number of aromatic amines is 1. The molecule has 0 atom stereocenters. The van der Waals surface area contributed by atoms with Crippen molar-refractivity contribution in [3.05, 3.63) is 65.9 Å². The van der Waals surface area contributed by atoms with Gasteiger partial charge in [-0.1, -0.05) is 12.1 Å². The lowest BCUT2D eigenvalue weighted by atomic mass is 10.1. The fourth-order valence-corrected chi connectivity index (χ4v) is 3.03. The summed E-state index contributed by atoms with van der Waals surface area (Å²) in [7, 11) is -2.15. The van der Waals surface area contributed by atoms with E-state index in [0.717, 1.165) is 11.1 Å². The van der Waals surface area contributed by atoms with Gasteiger partial charge < -0.3 is 10.1 Å². The zero-order valence-electron chi connectivity index (χ0n) is 14.5. The number of nitrogens with zero attached hydrogens (tertiary/aromatic N) is 1. The van der Waals surface area contributed by atoms with E-state index in [0.29, 0.717) is 17.0 Å². The maximum atomic E-state index is 12.5. The summed E-state index contributed by atoms with van der Waals surface area (Å²) in [5, 5.41) is 14.6. The van der Waals surface area contributed by atoms with Gasteiger partial charge in [-0.05, 0) is 42.0 Å². The number of rotatable bonds is 6. The third-order valence-electron chi connectivity index (χ3n) is 3.97. The number of aromatic nitrogens is 2. The summed E-state index contributed by atoms with van der Waals surface area (Å²) in [4.78, 5) is 12.5. The Labute approximate surface area is 156 Å². The monoisotopic (exact) mass is 386 g/mol. The SMILES string of the molecule is COc1ccc(-c2[nH]ncc2C(=O)NCc2ccc(S(N)(=O)=O)cc2)cc1. The lowest BCUT2D eigenvalue weighted by molar-refractivity contribution is 0.0951. The number of hydrogen-bond donors (Lipinski definition) is 3. The quantitative estimate of drug-likeness (QED) is 0.594. The Morgan fingerprint density at radius 2 is 1.81 bits per heavy atom. The van der Waals surface area contributed by atoms with Crippen LogP contribution in [0, 0.1) is 0 Å². The number of H-pyrrole nitrogens is 1. The molecule has 0 saturated carbocycles. The normalized spacial score (nSPS) is 11.2. The highest BCUT2D eigenvalue weighted by atomic mass is 32.2. The molecule has 0 fully saturated rings. The van der Waals surface area contributed by atoms with Crippen LogP contribution in [0.3, 0.4) is 0 Å². The number of nitrogens with one attached hydrogen (secondary N) is 2. The minimum Gasteiger partial charge on any atom is -0.497 e. The summed E-state index contributed by atoms with van der Waals surface area (Å²) in [5.74, 6) is 0.414.